The lowest BCUT2D eigenvalue weighted by Gasteiger charge is -2.18. The standard InChI is InChI=1S/C14H20FNO2/c1-4-12(16-14(17)18-10(2)3)9-11-7-5-6-8-13(11)15/h5-8,10,12H,4,9H2,1-3H3,(H,16,17). The lowest BCUT2D eigenvalue weighted by Crippen LogP contribution is -2.37. The van der Waals surface area contributed by atoms with E-state index in [1.165, 1.54) is 6.07 Å². The molecule has 0 radical (unpaired) electrons. The van der Waals surface area contributed by atoms with Crippen LogP contribution in [0.15, 0.2) is 24.3 Å². The van der Waals surface area contributed by atoms with Gasteiger partial charge in [0.1, 0.15) is 5.82 Å². The number of alkyl carbamates (subject to hydrolysis) is 1. The number of hydrogen-bond acceptors (Lipinski definition) is 2. The van der Waals surface area contributed by atoms with Gasteiger partial charge in [-0.2, -0.15) is 0 Å². The molecule has 4 heteroatoms. The van der Waals surface area contributed by atoms with Crippen LogP contribution in [-0.4, -0.2) is 18.2 Å². The molecule has 0 aliphatic heterocycles. The summed E-state index contributed by atoms with van der Waals surface area (Å²) >= 11 is 0. The van der Waals surface area contributed by atoms with Crippen LogP contribution in [0.1, 0.15) is 32.8 Å². The van der Waals surface area contributed by atoms with Crippen LogP contribution in [-0.2, 0) is 11.2 Å². The number of carbonyl (C=O) groups excluding carboxylic acids is 1. The van der Waals surface area contributed by atoms with Crippen molar-refractivity contribution in [3.05, 3.63) is 35.6 Å². The summed E-state index contributed by atoms with van der Waals surface area (Å²) in [5.74, 6) is -0.241. The lowest BCUT2D eigenvalue weighted by molar-refractivity contribution is 0.112. The Morgan fingerprint density at radius 1 is 1.39 bits per heavy atom. The number of hydrogen-bond donors (Lipinski definition) is 1. The van der Waals surface area contributed by atoms with Crippen molar-refractivity contribution in [2.24, 2.45) is 0 Å². The van der Waals surface area contributed by atoms with Crippen LogP contribution in [0, 0.1) is 5.82 Å². The Morgan fingerprint density at radius 2 is 2.06 bits per heavy atom. The topological polar surface area (TPSA) is 38.3 Å². The Morgan fingerprint density at radius 3 is 2.61 bits per heavy atom. The third-order valence-corrected chi connectivity index (χ3v) is 2.58. The highest BCUT2D eigenvalue weighted by molar-refractivity contribution is 5.67. The third kappa shape index (κ3) is 4.73. The highest BCUT2D eigenvalue weighted by Gasteiger charge is 2.14. The van der Waals surface area contributed by atoms with E-state index in [1.54, 1.807) is 32.0 Å². The molecule has 0 bridgehead atoms. The molecule has 1 aromatic rings. The SMILES string of the molecule is CCC(Cc1ccccc1F)NC(=O)OC(C)C. The molecule has 1 unspecified atom stereocenters. The molecule has 1 rings (SSSR count). The first-order valence-corrected chi connectivity index (χ1v) is 6.23. The second-order valence-corrected chi connectivity index (χ2v) is 4.50. The van der Waals surface area contributed by atoms with Gasteiger partial charge in [0.05, 0.1) is 6.10 Å². The van der Waals surface area contributed by atoms with E-state index in [9.17, 15) is 9.18 Å². The normalized spacial score (nSPS) is 12.3. The van der Waals surface area contributed by atoms with Crippen molar-refractivity contribution in [2.75, 3.05) is 0 Å². The Labute approximate surface area is 107 Å². The maximum absolute atomic E-state index is 13.5. The van der Waals surface area contributed by atoms with Crippen LogP contribution >= 0.6 is 0 Å². The monoisotopic (exact) mass is 253 g/mol. The number of halogens is 1. The summed E-state index contributed by atoms with van der Waals surface area (Å²) in [4.78, 5) is 11.5. The molecule has 1 aromatic carbocycles. The summed E-state index contributed by atoms with van der Waals surface area (Å²) in [6.07, 6.45) is 0.585. The minimum absolute atomic E-state index is 0.117. The van der Waals surface area contributed by atoms with Gasteiger partial charge in [-0.1, -0.05) is 25.1 Å². The van der Waals surface area contributed by atoms with E-state index in [1.807, 2.05) is 6.92 Å². The number of benzene rings is 1. The van der Waals surface area contributed by atoms with Crippen LogP contribution in [0.2, 0.25) is 0 Å². The molecule has 0 aliphatic carbocycles. The minimum atomic E-state index is -0.451. The molecular weight excluding hydrogens is 233 g/mol. The first-order valence-electron chi connectivity index (χ1n) is 6.23. The van der Waals surface area contributed by atoms with E-state index in [0.29, 0.717) is 12.0 Å². The second-order valence-electron chi connectivity index (χ2n) is 4.50. The van der Waals surface area contributed by atoms with E-state index in [0.717, 1.165) is 6.42 Å². The minimum Gasteiger partial charge on any atom is -0.447 e. The van der Waals surface area contributed by atoms with Crippen molar-refractivity contribution in [2.45, 2.75) is 45.8 Å². The average molecular weight is 253 g/mol. The Hall–Kier alpha value is -1.58. The smallest absolute Gasteiger partial charge is 0.407 e. The van der Waals surface area contributed by atoms with Gasteiger partial charge in [-0.15, -0.1) is 0 Å². The van der Waals surface area contributed by atoms with Crippen LogP contribution in [0.5, 0.6) is 0 Å². The van der Waals surface area contributed by atoms with Crippen molar-refractivity contribution in [1.29, 1.82) is 0 Å². The first kappa shape index (κ1) is 14.5. The van der Waals surface area contributed by atoms with Crippen molar-refractivity contribution in [1.82, 2.24) is 5.32 Å². The number of amides is 1. The van der Waals surface area contributed by atoms with E-state index in [4.69, 9.17) is 4.74 Å². The molecule has 18 heavy (non-hydrogen) atoms. The molecule has 1 N–H and O–H groups in total. The predicted molar refractivity (Wildman–Crippen MR) is 68.9 cm³/mol. The zero-order valence-electron chi connectivity index (χ0n) is 11.1. The maximum atomic E-state index is 13.5. The average Bonchev–Trinajstić information content (AvgIpc) is 2.30. The molecule has 3 nitrogen and oxygen atoms in total. The van der Waals surface area contributed by atoms with E-state index in [2.05, 4.69) is 5.32 Å². The van der Waals surface area contributed by atoms with Crippen LogP contribution in [0.4, 0.5) is 9.18 Å². The zero-order valence-corrected chi connectivity index (χ0v) is 11.1. The maximum Gasteiger partial charge on any atom is 0.407 e. The second kappa shape index (κ2) is 6.99. The summed E-state index contributed by atoms with van der Waals surface area (Å²) in [6.45, 7) is 5.52. The molecule has 1 atom stereocenters. The summed E-state index contributed by atoms with van der Waals surface area (Å²) in [5, 5.41) is 2.75. The summed E-state index contributed by atoms with van der Waals surface area (Å²) in [7, 11) is 0. The van der Waals surface area contributed by atoms with Gasteiger partial charge < -0.3 is 10.1 Å². The summed E-state index contributed by atoms with van der Waals surface area (Å²) in [5.41, 5.74) is 0.606. The van der Waals surface area contributed by atoms with Gasteiger partial charge in [-0.25, -0.2) is 9.18 Å². The third-order valence-electron chi connectivity index (χ3n) is 2.58. The first-order chi connectivity index (χ1) is 8.52. The summed E-state index contributed by atoms with van der Waals surface area (Å²) in [6, 6.07) is 6.48. The van der Waals surface area contributed by atoms with Gasteiger partial charge in [-0.05, 0) is 38.3 Å². The van der Waals surface area contributed by atoms with Gasteiger partial charge in [0.15, 0.2) is 0 Å². The molecule has 0 aromatic heterocycles. The molecule has 0 aliphatic rings. The lowest BCUT2D eigenvalue weighted by atomic mass is 10.0. The molecular formula is C14H20FNO2. The van der Waals surface area contributed by atoms with E-state index in [-0.39, 0.29) is 18.0 Å². The van der Waals surface area contributed by atoms with Crippen LogP contribution in [0.25, 0.3) is 0 Å². The molecule has 1 amide bonds. The molecule has 100 valence electrons. The fourth-order valence-corrected chi connectivity index (χ4v) is 1.64. The Kier molecular flexibility index (Phi) is 5.62. The van der Waals surface area contributed by atoms with Gasteiger partial charge >= 0.3 is 6.09 Å². The van der Waals surface area contributed by atoms with Gasteiger partial charge in [0.25, 0.3) is 0 Å². The predicted octanol–water partition coefficient (Wildman–Crippen LogP) is 3.28. The Bertz CT molecular complexity index is 393. The number of rotatable bonds is 5. The molecule has 0 saturated carbocycles. The van der Waals surface area contributed by atoms with Crippen molar-refractivity contribution in [3.63, 3.8) is 0 Å². The number of ether oxygens (including phenoxy) is 1. The van der Waals surface area contributed by atoms with Crippen LogP contribution < -0.4 is 5.32 Å². The highest BCUT2D eigenvalue weighted by Crippen LogP contribution is 2.10. The number of carbonyl (C=O) groups is 1. The highest BCUT2D eigenvalue weighted by atomic mass is 19.1. The molecule has 0 heterocycles. The van der Waals surface area contributed by atoms with Crippen LogP contribution in [0.3, 0.4) is 0 Å². The fourth-order valence-electron chi connectivity index (χ4n) is 1.64. The van der Waals surface area contributed by atoms with E-state index >= 15 is 0 Å². The number of nitrogens with one attached hydrogen (secondary N) is 1. The van der Waals surface area contributed by atoms with Gasteiger partial charge in [0.2, 0.25) is 0 Å². The Balaban J connectivity index is 2.57. The van der Waals surface area contributed by atoms with E-state index < -0.39 is 6.09 Å². The quantitative estimate of drug-likeness (QED) is 0.874. The van der Waals surface area contributed by atoms with Gasteiger partial charge in [-0.3, -0.25) is 0 Å². The van der Waals surface area contributed by atoms with Crippen molar-refractivity contribution in [3.8, 4) is 0 Å². The molecule has 0 saturated heterocycles. The molecule has 0 spiro atoms. The fraction of sp³-hybridized carbons (Fsp3) is 0.500. The van der Waals surface area contributed by atoms with Crippen molar-refractivity contribution < 1.29 is 13.9 Å². The summed E-state index contributed by atoms with van der Waals surface area (Å²) < 4.78 is 18.5. The molecule has 0 fully saturated rings. The largest absolute Gasteiger partial charge is 0.447 e. The zero-order chi connectivity index (χ0) is 13.5. The van der Waals surface area contributed by atoms with Gasteiger partial charge in [0, 0.05) is 6.04 Å². The van der Waals surface area contributed by atoms with Crippen molar-refractivity contribution >= 4 is 6.09 Å².